The van der Waals surface area contributed by atoms with Crippen molar-refractivity contribution in [3.05, 3.63) is 51.4 Å². The van der Waals surface area contributed by atoms with Crippen LogP contribution in [0.1, 0.15) is 33.6 Å². The van der Waals surface area contributed by atoms with Gasteiger partial charge in [0.05, 0.1) is 6.33 Å². The van der Waals surface area contributed by atoms with E-state index in [1.54, 1.807) is 10.9 Å². The van der Waals surface area contributed by atoms with Gasteiger partial charge in [-0.05, 0) is 36.6 Å². The summed E-state index contributed by atoms with van der Waals surface area (Å²) < 4.78 is 29.0. The second-order valence-electron chi connectivity index (χ2n) is 8.09. The number of nitrogens with one attached hydrogen (secondary N) is 1. The van der Waals surface area contributed by atoms with E-state index in [0.29, 0.717) is 46.6 Å². The molecular weight excluding hydrogens is 452 g/mol. The minimum Gasteiger partial charge on any atom is -0.325 e. The van der Waals surface area contributed by atoms with Crippen molar-refractivity contribution in [1.29, 1.82) is 0 Å². The molecular formula is C22H27F2N5O3S. The molecule has 1 N–H and O–H groups in total. The second-order valence-corrected chi connectivity index (χ2v) is 9.16. The Morgan fingerprint density at radius 1 is 1.15 bits per heavy atom. The standard InChI is InChI=1S/C22H27F2N5O3S/c1-4-5-10-27-13-25-19-18(27)20(31)29(22(32)28(19)11-14(2)3)12-17(30)26-15-6-8-16(9-7-15)33-21(23)24/h6-9,13-14,21H,4-5,10-12H2,1-3H3,(H,26,30). The molecule has 1 aromatic carbocycles. The summed E-state index contributed by atoms with van der Waals surface area (Å²) in [5, 5.41) is 2.61. The van der Waals surface area contributed by atoms with Crippen LogP contribution in [0.5, 0.6) is 0 Å². The minimum absolute atomic E-state index is 0.121. The maximum Gasteiger partial charge on any atom is 0.333 e. The maximum absolute atomic E-state index is 13.2. The molecule has 0 atom stereocenters. The van der Waals surface area contributed by atoms with Crippen LogP contribution in [0.25, 0.3) is 11.2 Å². The third kappa shape index (κ3) is 5.89. The largest absolute Gasteiger partial charge is 0.333 e. The van der Waals surface area contributed by atoms with Gasteiger partial charge in [-0.1, -0.05) is 39.0 Å². The van der Waals surface area contributed by atoms with E-state index in [2.05, 4.69) is 10.3 Å². The summed E-state index contributed by atoms with van der Waals surface area (Å²) in [5.74, 6) is -2.99. The van der Waals surface area contributed by atoms with Crippen LogP contribution in [0.15, 0.2) is 45.1 Å². The Balaban J connectivity index is 1.93. The zero-order chi connectivity index (χ0) is 24.1. The lowest BCUT2D eigenvalue weighted by atomic mass is 10.2. The monoisotopic (exact) mass is 479 g/mol. The van der Waals surface area contributed by atoms with Crippen molar-refractivity contribution in [2.75, 3.05) is 5.32 Å². The zero-order valence-corrected chi connectivity index (χ0v) is 19.6. The highest BCUT2D eigenvalue weighted by Crippen LogP contribution is 2.26. The third-order valence-electron chi connectivity index (χ3n) is 4.95. The number of hydrogen-bond acceptors (Lipinski definition) is 5. The van der Waals surface area contributed by atoms with E-state index in [4.69, 9.17) is 0 Å². The Morgan fingerprint density at radius 2 is 1.85 bits per heavy atom. The topological polar surface area (TPSA) is 90.9 Å². The molecule has 8 nitrogen and oxygen atoms in total. The molecule has 3 rings (SSSR count). The molecule has 0 fully saturated rings. The number of hydrogen-bond donors (Lipinski definition) is 1. The van der Waals surface area contributed by atoms with Gasteiger partial charge in [-0.2, -0.15) is 8.78 Å². The van der Waals surface area contributed by atoms with Gasteiger partial charge in [0, 0.05) is 23.7 Å². The Hall–Kier alpha value is -2.95. The number of benzene rings is 1. The fourth-order valence-electron chi connectivity index (χ4n) is 3.47. The SMILES string of the molecule is CCCCn1cnc2c1c(=O)n(CC(=O)Nc1ccc(SC(F)F)cc1)c(=O)n2CC(C)C. The quantitative estimate of drug-likeness (QED) is 0.447. The molecule has 0 saturated heterocycles. The summed E-state index contributed by atoms with van der Waals surface area (Å²) in [5.41, 5.74) is -0.171. The summed E-state index contributed by atoms with van der Waals surface area (Å²) in [6.07, 6.45) is 3.33. The lowest BCUT2D eigenvalue weighted by Crippen LogP contribution is -2.43. The number of carbonyl (C=O) groups is 1. The van der Waals surface area contributed by atoms with Crippen molar-refractivity contribution in [3.8, 4) is 0 Å². The molecule has 0 bridgehead atoms. The van der Waals surface area contributed by atoms with Crippen LogP contribution in [0.3, 0.4) is 0 Å². The van der Waals surface area contributed by atoms with E-state index >= 15 is 0 Å². The molecule has 0 aliphatic heterocycles. The zero-order valence-electron chi connectivity index (χ0n) is 18.8. The summed E-state index contributed by atoms with van der Waals surface area (Å²) in [4.78, 5) is 43.7. The van der Waals surface area contributed by atoms with E-state index in [-0.39, 0.29) is 5.92 Å². The summed E-state index contributed by atoms with van der Waals surface area (Å²) >= 11 is 0.404. The Kier molecular flexibility index (Phi) is 8.06. The number of rotatable bonds is 10. The molecule has 11 heteroatoms. The highest BCUT2D eigenvalue weighted by molar-refractivity contribution is 7.99. The number of nitrogens with zero attached hydrogens (tertiary/aromatic N) is 4. The van der Waals surface area contributed by atoms with Crippen molar-refractivity contribution in [1.82, 2.24) is 18.7 Å². The van der Waals surface area contributed by atoms with Gasteiger partial charge in [-0.25, -0.2) is 14.3 Å². The average Bonchev–Trinajstić information content (AvgIpc) is 3.17. The van der Waals surface area contributed by atoms with Crippen LogP contribution >= 0.6 is 11.8 Å². The predicted molar refractivity (Wildman–Crippen MR) is 125 cm³/mol. The van der Waals surface area contributed by atoms with Crippen molar-refractivity contribution < 1.29 is 13.6 Å². The first kappa shape index (κ1) is 24.7. The van der Waals surface area contributed by atoms with Crippen molar-refractivity contribution in [2.24, 2.45) is 5.92 Å². The summed E-state index contributed by atoms with van der Waals surface area (Å²) in [6, 6.07) is 5.91. The van der Waals surface area contributed by atoms with Crippen LogP contribution in [0.4, 0.5) is 14.5 Å². The number of thioether (sulfide) groups is 1. The Morgan fingerprint density at radius 3 is 2.45 bits per heavy atom. The molecule has 0 aliphatic carbocycles. The van der Waals surface area contributed by atoms with E-state index in [1.807, 2.05) is 20.8 Å². The first-order chi connectivity index (χ1) is 15.7. The normalized spacial score (nSPS) is 11.6. The molecule has 0 saturated carbocycles. The molecule has 2 heterocycles. The Labute approximate surface area is 193 Å². The molecule has 33 heavy (non-hydrogen) atoms. The van der Waals surface area contributed by atoms with Crippen molar-refractivity contribution >= 4 is 34.5 Å². The van der Waals surface area contributed by atoms with Crippen molar-refractivity contribution in [3.63, 3.8) is 0 Å². The molecule has 0 unspecified atom stereocenters. The molecule has 0 radical (unpaired) electrons. The number of amides is 1. The van der Waals surface area contributed by atoms with Crippen LogP contribution in [-0.4, -0.2) is 30.3 Å². The fourth-order valence-corrected chi connectivity index (χ4v) is 3.97. The van der Waals surface area contributed by atoms with E-state index < -0.39 is 29.5 Å². The van der Waals surface area contributed by atoms with Gasteiger partial charge in [-0.15, -0.1) is 0 Å². The summed E-state index contributed by atoms with van der Waals surface area (Å²) in [7, 11) is 0. The fraction of sp³-hybridized carbons (Fsp3) is 0.455. The smallest absolute Gasteiger partial charge is 0.325 e. The molecule has 0 aliphatic rings. The number of aromatic nitrogens is 4. The number of unbranched alkanes of at least 4 members (excludes halogenated alkanes) is 1. The van der Waals surface area contributed by atoms with E-state index in [1.165, 1.54) is 28.8 Å². The number of carbonyl (C=O) groups excluding carboxylic acids is 1. The van der Waals surface area contributed by atoms with Crippen LogP contribution in [0.2, 0.25) is 0 Å². The minimum atomic E-state index is -2.54. The first-order valence-electron chi connectivity index (χ1n) is 10.7. The average molecular weight is 480 g/mol. The molecule has 178 valence electrons. The highest BCUT2D eigenvalue weighted by Gasteiger charge is 2.20. The van der Waals surface area contributed by atoms with Gasteiger partial charge in [0.25, 0.3) is 11.3 Å². The molecule has 3 aromatic rings. The number of aryl methyl sites for hydroxylation is 1. The summed E-state index contributed by atoms with van der Waals surface area (Å²) in [6.45, 7) is 6.39. The lowest BCUT2D eigenvalue weighted by Gasteiger charge is -2.14. The van der Waals surface area contributed by atoms with Gasteiger partial charge in [0.15, 0.2) is 11.2 Å². The molecule has 1 amide bonds. The second kappa shape index (κ2) is 10.8. The van der Waals surface area contributed by atoms with Crippen LogP contribution in [0, 0.1) is 5.92 Å². The number of alkyl halides is 2. The first-order valence-corrected chi connectivity index (χ1v) is 11.6. The maximum atomic E-state index is 13.2. The van der Waals surface area contributed by atoms with Gasteiger partial charge in [0.2, 0.25) is 5.91 Å². The highest BCUT2D eigenvalue weighted by atomic mass is 32.2. The lowest BCUT2D eigenvalue weighted by molar-refractivity contribution is -0.116. The van der Waals surface area contributed by atoms with Gasteiger partial charge >= 0.3 is 5.69 Å². The van der Waals surface area contributed by atoms with E-state index in [0.717, 1.165) is 17.4 Å². The Bertz CT molecular complexity index is 1230. The van der Waals surface area contributed by atoms with E-state index in [9.17, 15) is 23.2 Å². The number of imidazole rings is 1. The van der Waals surface area contributed by atoms with Gasteiger partial charge in [-0.3, -0.25) is 14.2 Å². The van der Waals surface area contributed by atoms with Crippen LogP contribution in [-0.2, 0) is 24.4 Å². The number of fused-ring (bicyclic) bond motifs is 1. The van der Waals surface area contributed by atoms with Gasteiger partial charge in [0.1, 0.15) is 6.54 Å². The number of anilines is 1. The molecule has 0 spiro atoms. The third-order valence-corrected chi connectivity index (χ3v) is 5.67. The number of halogens is 2. The van der Waals surface area contributed by atoms with Crippen LogP contribution < -0.4 is 16.6 Å². The van der Waals surface area contributed by atoms with Crippen molar-refractivity contribution in [2.45, 2.75) is 63.9 Å². The predicted octanol–water partition coefficient (Wildman–Crippen LogP) is 3.77. The molecule has 2 aromatic heterocycles. The van der Waals surface area contributed by atoms with Gasteiger partial charge < -0.3 is 9.88 Å².